The molecule has 0 unspecified atom stereocenters. The first kappa shape index (κ1) is 19.0. The van der Waals surface area contributed by atoms with Gasteiger partial charge in [0.15, 0.2) is 5.82 Å². The van der Waals surface area contributed by atoms with Crippen LogP contribution in [0.4, 0.5) is 5.82 Å². The van der Waals surface area contributed by atoms with Crippen molar-refractivity contribution in [2.45, 2.75) is 0 Å². The third kappa shape index (κ3) is 4.74. The van der Waals surface area contributed by atoms with Gasteiger partial charge in [0.2, 0.25) is 5.91 Å². The van der Waals surface area contributed by atoms with Gasteiger partial charge < -0.3 is 10.1 Å². The molecule has 1 aliphatic heterocycles. The van der Waals surface area contributed by atoms with Gasteiger partial charge in [-0.1, -0.05) is 48.6 Å². The first-order chi connectivity index (χ1) is 14.8. The van der Waals surface area contributed by atoms with Crippen molar-refractivity contribution in [1.29, 1.82) is 0 Å². The molecule has 0 atom stereocenters. The largest absolute Gasteiger partial charge is 0.465 e. The summed E-state index contributed by atoms with van der Waals surface area (Å²) in [6.07, 6.45) is 16.8. The Labute approximate surface area is 173 Å². The summed E-state index contributed by atoms with van der Waals surface area (Å²) in [5, 5.41) is 4.96. The molecule has 1 N–H and O–H groups in total. The van der Waals surface area contributed by atoms with Crippen LogP contribution in [0.2, 0.25) is 0 Å². The van der Waals surface area contributed by atoms with Crippen LogP contribution in [-0.2, 0) is 4.79 Å². The lowest BCUT2D eigenvalue weighted by atomic mass is 10.2. The quantitative estimate of drug-likeness (QED) is 0.636. The predicted molar refractivity (Wildman–Crippen MR) is 116 cm³/mol. The van der Waals surface area contributed by atoms with Crippen LogP contribution in [0.5, 0.6) is 5.75 Å². The minimum atomic E-state index is -0.234. The molecule has 0 saturated carbocycles. The zero-order chi connectivity index (χ0) is 20.6. The number of para-hydroxylation sites is 1. The monoisotopic (exact) mass is 394 g/mol. The minimum Gasteiger partial charge on any atom is -0.465 e. The summed E-state index contributed by atoms with van der Waals surface area (Å²) in [6, 6.07) is 13.1. The molecular formula is C24H18N4O2. The van der Waals surface area contributed by atoms with E-state index in [9.17, 15) is 4.79 Å². The number of aromatic nitrogens is 2. The number of hydrogen-bond acceptors (Lipinski definition) is 5. The number of allylic oxidation sites excluding steroid dienone is 6. The van der Waals surface area contributed by atoms with E-state index in [1.54, 1.807) is 30.7 Å². The summed E-state index contributed by atoms with van der Waals surface area (Å²) in [7, 11) is 0. The van der Waals surface area contributed by atoms with Crippen molar-refractivity contribution in [2.24, 2.45) is 4.99 Å². The maximum atomic E-state index is 12.0. The van der Waals surface area contributed by atoms with Gasteiger partial charge >= 0.3 is 0 Å². The molecule has 1 aliphatic rings. The van der Waals surface area contributed by atoms with Gasteiger partial charge in [-0.25, -0.2) is 15.0 Å². The van der Waals surface area contributed by atoms with Gasteiger partial charge in [0, 0.05) is 22.9 Å². The second-order valence-corrected chi connectivity index (χ2v) is 6.28. The molecule has 0 spiro atoms. The highest BCUT2D eigenvalue weighted by Gasteiger charge is 2.04. The number of nitrogens with one attached hydrogen (secondary N) is 1. The molecule has 2 aromatic carbocycles. The first-order valence-electron chi connectivity index (χ1n) is 9.32. The zero-order valence-electron chi connectivity index (χ0n) is 16.0. The lowest BCUT2D eigenvalue weighted by Gasteiger charge is -2.04. The van der Waals surface area contributed by atoms with E-state index in [4.69, 9.17) is 9.73 Å². The summed E-state index contributed by atoms with van der Waals surface area (Å²) < 4.78 is 5.69. The Morgan fingerprint density at radius 3 is 2.63 bits per heavy atom. The normalized spacial score (nSPS) is 13.9. The van der Waals surface area contributed by atoms with Crippen molar-refractivity contribution in [3.05, 3.63) is 108 Å². The number of rotatable bonds is 0. The Morgan fingerprint density at radius 1 is 0.867 bits per heavy atom. The van der Waals surface area contributed by atoms with Crippen LogP contribution in [0.1, 0.15) is 0 Å². The van der Waals surface area contributed by atoms with E-state index in [2.05, 4.69) is 15.3 Å². The maximum absolute atomic E-state index is 12.0. The van der Waals surface area contributed by atoms with Gasteiger partial charge in [0.1, 0.15) is 12.1 Å². The molecule has 0 aliphatic carbocycles. The molecule has 30 heavy (non-hydrogen) atoms. The van der Waals surface area contributed by atoms with E-state index in [1.807, 2.05) is 60.7 Å². The van der Waals surface area contributed by atoms with Crippen LogP contribution in [0.25, 0.3) is 17.1 Å². The van der Waals surface area contributed by atoms with Crippen LogP contribution >= 0.6 is 0 Å². The molecule has 6 nitrogen and oxygen atoms in total. The fourth-order valence-electron chi connectivity index (χ4n) is 2.77. The molecule has 3 aromatic rings. The molecule has 1 amide bonds. The fraction of sp³-hybridized carbons (Fsp3) is 0. The van der Waals surface area contributed by atoms with Crippen LogP contribution in [0, 0.1) is 0 Å². The lowest BCUT2D eigenvalue weighted by Crippen LogP contribution is -2.28. The highest BCUT2D eigenvalue weighted by molar-refractivity contribution is 5.90. The summed E-state index contributed by atoms with van der Waals surface area (Å²) in [4.78, 5) is 25.4. The molecule has 4 rings (SSSR count). The number of carbonyl (C=O) groups is 1. The SMILES string of the molecule is O=C1C=CC=CC=CC=COc2ccc3ncnc(c3c2)N=c2ccccc2=CN1. The summed E-state index contributed by atoms with van der Waals surface area (Å²) in [6.45, 7) is 0. The standard InChI is InChI=1S/C24H18N4O2/c29-23-11-5-3-1-2-4-8-14-30-19-12-13-22-20(15-19)24(27-17-26-22)28-21-10-7-6-9-18(21)16-25-23/h1-17H,(H,25,29). The smallest absolute Gasteiger partial charge is 0.247 e. The van der Waals surface area contributed by atoms with Crippen LogP contribution in [0.15, 0.2) is 103 Å². The lowest BCUT2D eigenvalue weighted by molar-refractivity contribution is -0.115. The number of ether oxygens (including phenoxy) is 1. The summed E-state index contributed by atoms with van der Waals surface area (Å²) in [5.74, 6) is 0.937. The molecule has 2 bridgehead atoms. The third-order valence-corrected chi connectivity index (χ3v) is 4.20. The Kier molecular flexibility index (Phi) is 5.86. The van der Waals surface area contributed by atoms with Crippen LogP contribution in [0.3, 0.4) is 0 Å². The highest BCUT2D eigenvalue weighted by atomic mass is 16.5. The van der Waals surface area contributed by atoms with Crippen LogP contribution < -0.4 is 20.6 Å². The van der Waals surface area contributed by atoms with Crippen molar-refractivity contribution in [2.75, 3.05) is 0 Å². The van der Waals surface area contributed by atoms with Gasteiger partial charge in [-0.05, 0) is 30.3 Å². The molecule has 0 saturated heterocycles. The number of fused-ring (bicyclic) bond motifs is 2. The second kappa shape index (κ2) is 9.25. The first-order valence-corrected chi connectivity index (χ1v) is 9.32. The van der Waals surface area contributed by atoms with Gasteiger partial charge in [0.25, 0.3) is 0 Å². The number of amides is 1. The van der Waals surface area contributed by atoms with Gasteiger partial charge in [-0.3, -0.25) is 4.79 Å². The molecule has 0 fully saturated rings. The summed E-state index contributed by atoms with van der Waals surface area (Å²) >= 11 is 0. The molecule has 2 heterocycles. The number of nitrogens with zero attached hydrogens (tertiary/aromatic N) is 3. The third-order valence-electron chi connectivity index (χ3n) is 4.20. The van der Waals surface area contributed by atoms with Crippen molar-refractivity contribution in [1.82, 2.24) is 15.3 Å². The van der Waals surface area contributed by atoms with Gasteiger partial charge in [-0.2, -0.15) is 0 Å². The number of carbonyl (C=O) groups excluding carboxylic acids is 1. The molecule has 0 radical (unpaired) electrons. The molecule has 6 heteroatoms. The average Bonchev–Trinajstić information content (AvgIpc) is 2.77. The summed E-state index contributed by atoms with van der Waals surface area (Å²) in [5.41, 5.74) is 0.760. The van der Waals surface area contributed by atoms with Gasteiger partial charge in [0.05, 0.1) is 17.1 Å². The van der Waals surface area contributed by atoms with E-state index in [-0.39, 0.29) is 5.91 Å². The Hall–Kier alpha value is -4.32. The van der Waals surface area contributed by atoms with E-state index >= 15 is 0 Å². The van der Waals surface area contributed by atoms with E-state index in [0.29, 0.717) is 16.9 Å². The van der Waals surface area contributed by atoms with E-state index < -0.39 is 0 Å². The minimum absolute atomic E-state index is 0.234. The predicted octanol–water partition coefficient (Wildman–Crippen LogP) is 3.01. The molecule has 1 aromatic heterocycles. The fourth-order valence-corrected chi connectivity index (χ4v) is 2.77. The van der Waals surface area contributed by atoms with Crippen molar-refractivity contribution in [3.63, 3.8) is 0 Å². The number of benzene rings is 2. The topological polar surface area (TPSA) is 76.5 Å². The Balaban J connectivity index is 1.88. The van der Waals surface area contributed by atoms with E-state index in [1.165, 1.54) is 12.4 Å². The Bertz CT molecular complexity index is 1320. The maximum Gasteiger partial charge on any atom is 0.247 e. The zero-order valence-corrected chi connectivity index (χ0v) is 16.0. The molecule has 146 valence electrons. The highest BCUT2D eigenvalue weighted by Crippen LogP contribution is 2.25. The second-order valence-electron chi connectivity index (χ2n) is 6.28. The average molecular weight is 394 g/mol. The Morgan fingerprint density at radius 2 is 1.70 bits per heavy atom. The number of hydrogen-bond donors (Lipinski definition) is 1. The van der Waals surface area contributed by atoms with Crippen molar-refractivity contribution in [3.8, 4) is 5.75 Å². The van der Waals surface area contributed by atoms with Gasteiger partial charge in [-0.15, -0.1) is 0 Å². The van der Waals surface area contributed by atoms with E-state index in [0.717, 1.165) is 16.1 Å². The van der Waals surface area contributed by atoms with Crippen molar-refractivity contribution < 1.29 is 9.53 Å². The molecular weight excluding hydrogens is 376 g/mol. The van der Waals surface area contributed by atoms with Crippen molar-refractivity contribution >= 4 is 28.8 Å². The van der Waals surface area contributed by atoms with Crippen LogP contribution in [-0.4, -0.2) is 15.9 Å².